The quantitative estimate of drug-likeness (QED) is 0.320. The van der Waals surface area contributed by atoms with Crippen molar-refractivity contribution in [1.29, 1.82) is 0 Å². The number of aromatic nitrogens is 1. The molecule has 0 unspecified atom stereocenters. The molecule has 7 nitrogen and oxygen atoms in total. The van der Waals surface area contributed by atoms with Crippen molar-refractivity contribution < 1.29 is 14.4 Å². The Morgan fingerprint density at radius 2 is 2.41 bits per heavy atom. The Kier molecular flexibility index (Phi) is 5.91. The van der Waals surface area contributed by atoms with Gasteiger partial charge in [-0.15, -0.1) is 0 Å². The van der Waals surface area contributed by atoms with E-state index in [9.17, 15) is 10.1 Å². The minimum Gasteiger partial charge on any atom is -0.364 e. The molecule has 0 bridgehead atoms. The van der Waals surface area contributed by atoms with Crippen LogP contribution in [0.1, 0.15) is 6.42 Å². The first-order valence-electron chi connectivity index (χ1n) is 5.15. The molecule has 1 rings (SSSR count). The third-order valence-corrected chi connectivity index (χ3v) is 1.94. The minimum absolute atomic E-state index is 0.0229. The number of anilines is 1. The molecule has 0 aliphatic carbocycles. The van der Waals surface area contributed by atoms with Crippen LogP contribution in [0.5, 0.6) is 0 Å². The van der Waals surface area contributed by atoms with E-state index in [2.05, 4.69) is 10.3 Å². The lowest BCUT2D eigenvalue weighted by atomic mass is 10.3. The molecular formula is C10H15N3O4. The molecule has 0 amide bonds. The molecule has 0 fully saturated rings. The van der Waals surface area contributed by atoms with E-state index in [0.29, 0.717) is 13.2 Å². The van der Waals surface area contributed by atoms with Crippen molar-refractivity contribution in [3.63, 3.8) is 0 Å². The number of nitrogens with zero attached hydrogens (tertiary/aromatic N) is 2. The van der Waals surface area contributed by atoms with E-state index in [0.717, 1.165) is 6.42 Å². The van der Waals surface area contributed by atoms with Gasteiger partial charge in [-0.1, -0.05) is 0 Å². The Balaban J connectivity index is 2.34. The maximum atomic E-state index is 10.7. The van der Waals surface area contributed by atoms with Crippen LogP contribution in [0, 0.1) is 10.1 Å². The van der Waals surface area contributed by atoms with Crippen LogP contribution in [0.4, 0.5) is 11.5 Å². The van der Waals surface area contributed by atoms with Crippen LogP contribution in [-0.4, -0.2) is 37.0 Å². The molecule has 0 atom stereocenters. The number of ether oxygens (including phenoxy) is 2. The molecule has 0 saturated carbocycles. The lowest BCUT2D eigenvalue weighted by Gasteiger charge is -2.06. The van der Waals surface area contributed by atoms with Gasteiger partial charge in [0, 0.05) is 25.9 Å². The van der Waals surface area contributed by atoms with Crippen LogP contribution < -0.4 is 5.32 Å². The summed E-state index contributed by atoms with van der Waals surface area (Å²) in [5.74, 6) is 0.282. The SMILES string of the molecule is COCOCCCNc1ncccc1[N+](=O)[O-]. The Bertz CT molecular complexity index is 359. The summed E-state index contributed by atoms with van der Waals surface area (Å²) in [6.45, 7) is 1.34. The second-order valence-electron chi connectivity index (χ2n) is 3.22. The molecule has 1 heterocycles. The van der Waals surface area contributed by atoms with E-state index in [1.54, 1.807) is 7.11 Å². The molecule has 1 aromatic rings. The van der Waals surface area contributed by atoms with Gasteiger partial charge in [0.25, 0.3) is 0 Å². The summed E-state index contributed by atoms with van der Waals surface area (Å²) < 4.78 is 9.79. The van der Waals surface area contributed by atoms with E-state index >= 15 is 0 Å². The lowest BCUT2D eigenvalue weighted by Crippen LogP contribution is -2.09. The van der Waals surface area contributed by atoms with E-state index in [1.165, 1.54) is 18.3 Å². The molecule has 7 heteroatoms. The summed E-state index contributed by atoms with van der Waals surface area (Å²) >= 11 is 0. The van der Waals surface area contributed by atoms with Crippen molar-refractivity contribution in [2.24, 2.45) is 0 Å². The van der Waals surface area contributed by atoms with Crippen LogP contribution >= 0.6 is 0 Å². The standard InChI is InChI=1S/C10H15N3O4/c1-16-8-17-7-3-6-12-10-9(13(14)15)4-2-5-11-10/h2,4-5H,3,6-8H2,1H3,(H,11,12). The van der Waals surface area contributed by atoms with Gasteiger partial charge in [0.1, 0.15) is 6.79 Å². The highest BCUT2D eigenvalue weighted by atomic mass is 16.7. The normalized spacial score (nSPS) is 10.2. The number of nitro groups is 1. The number of methoxy groups -OCH3 is 1. The van der Waals surface area contributed by atoms with Gasteiger partial charge in [0.15, 0.2) is 0 Å². The fourth-order valence-electron chi connectivity index (χ4n) is 1.20. The van der Waals surface area contributed by atoms with Gasteiger partial charge in [-0.25, -0.2) is 4.98 Å². The Morgan fingerprint density at radius 1 is 1.59 bits per heavy atom. The third-order valence-electron chi connectivity index (χ3n) is 1.94. The molecule has 1 aromatic heterocycles. The number of rotatable bonds is 8. The smallest absolute Gasteiger partial charge is 0.311 e. The topological polar surface area (TPSA) is 86.5 Å². The maximum absolute atomic E-state index is 10.7. The monoisotopic (exact) mass is 241 g/mol. The summed E-state index contributed by atoms with van der Waals surface area (Å²) in [5, 5.41) is 13.6. The molecule has 0 radical (unpaired) electrons. The van der Waals surface area contributed by atoms with Crippen LogP contribution in [0.15, 0.2) is 18.3 Å². The Hall–Kier alpha value is -1.73. The van der Waals surface area contributed by atoms with Crippen LogP contribution in [0.2, 0.25) is 0 Å². The largest absolute Gasteiger partial charge is 0.364 e. The summed E-state index contributed by atoms with van der Waals surface area (Å²) in [4.78, 5) is 14.1. The van der Waals surface area contributed by atoms with Gasteiger partial charge in [0.05, 0.1) is 11.5 Å². The van der Waals surface area contributed by atoms with Crippen LogP contribution in [0.25, 0.3) is 0 Å². The fourth-order valence-corrected chi connectivity index (χ4v) is 1.20. The Morgan fingerprint density at radius 3 is 3.12 bits per heavy atom. The van der Waals surface area contributed by atoms with Crippen molar-refractivity contribution in [3.05, 3.63) is 28.4 Å². The number of pyridine rings is 1. The van der Waals surface area contributed by atoms with Gasteiger partial charge >= 0.3 is 5.69 Å². The van der Waals surface area contributed by atoms with E-state index in [1.807, 2.05) is 0 Å². The van der Waals surface area contributed by atoms with Crippen molar-refractivity contribution in [2.75, 3.05) is 32.4 Å². The highest BCUT2D eigenvalue weighted by Crippen LogP contribution is 2.19. The summed E-state index contributed by atoms with van der Waals surface area (Å²) in [5.41, 5.74) is -0.0229. The van der Waals surface area contributed by atoms with E-state index < -0.39 is 4.92 Å². The van der Waals surface area contributed by atoms with Crippen LogP contribution in [0.3, 0.4) is 0 Å². The van der Waals surface area contributed by atoms with Gasteiger partial charge in [-0.3, -0.25) is 10.1 Å². The molecule has 1 N–H and O–H groups in total. The zero-order chi connectivity index (χ0) is 12.5. The molecule has 17 heavy (non-hydrogen) atoms. The zero-order valence-corrected chi connectivity index (χ0v) is 9.59. The van der Waals surface area contributed by atoms with Crippen molar-refractivity contribution in [3.8, 4) is 0 Å². The van der Waals surface area contributed by atoms with Gasteiger partial charge in [0.2, 0.25) is 5.82 Å². The number of nitrogens with one attached hydrogen (secondary N) is 1. The number of hydrogen-bond acceptors (Lipinski definition) is 6. The summed E-state index contributed by atoms with van der Waals surface area (Å²) in [6, 6.07) is 2.95. The summed E-state index contributed by atoms with van der Waals surface area (Å²) in [6.07, 6.45) is 2.23. The zero-order valence-electron chi connectivity index (χ0n) is 9.59. The van der Waals surface area contributed by atoms with Crippen molar-refractivity contribution in [1.82, 2.24) is 4.98 Å². The molecule has 0 spiro atoms. The molecule has 0 saturated heterocycles. The average molecular weight is 241 g/mol. The van der Waals surface area contributed by atoms with Crippen molar-refractivity contribution in [2.45, 2.75) is 6.42 Å². The Labute approximate surface area is 98.9 Å². The molecule has 0 aromatic carbocycles. The number of hydrogen-bond donors (Lipinski definition) is 1. The highest BCUT2D eigenvalue weighted by molar-refractivity contribution is 5.54. The lowest BCUT2D eigenvalue weighted by molar-refractivity contribution is -0.384. The molecular weight excluding hydrogens is 226 g/mol. The predicted molar refractivity (Wildman–Crippen MR) is 61.8 cm³/mol. The van der Waals surface area contributed by atoms with E-state index in [-0.39, 0.29) is 18.3 Å². The van der Waals surface area contributed by atoms with E-state index in [4.69, 9.17) is 9.47 Å². The van der Waals surface area contributed by atoms with Crippen LogP contribution in [-0.2, 0) is 9.47 Å². The fraction of sp³-hybridized carbons (Fsp3) is 0.500. The first-order chi connectivity index (χ1) is 8.25. The second kappa shape index (κ2) is 7.53. The van der Waals surface area contributed by atoms with Gasteiger partial charge in [-0.2, -0.15) is 0 Å². The maximum Gasteiger partial charge on any atom is 0.311 e. The second-order valence-corrected chi connectivity index (χ2v) is 3.22. The van der Waals surface area contributed by atoms with Gasteiger partial charge in [-0.05, 0) is 12.5 Å². The molecule has 94 valence electrons. The molecule has 0 aliphatic heterocycles. The van der Waals surface area contributed by atoms with Gasteiger partial charge < -0.3 is 14.8 Å². The first-order valence-corrected chi connectivity index (χ1v) is 5.15. The van der Waals surface area contributed by atoms with Crippen molar-refractivity contribution >= 4 is 11.5 Å². The highest BCUT2D eigenvalue weighted by Gasteiger charge is 2.12. The minimum atomic E-state index is -0.462. The predicted octanol–water partition coefficient (Wildman–Crippen LogP) is 1.41. The molecule has 0 aliphatic rings. The third kappa shape index (κ3) is 4.75. The average Bonchev–Trinajstić information content (AvgIpc) is 2.34. The summed E-state index contributed by atoms with van der Waals surface area (Å²) in [7, 11) is 1.55. The first kappa shape index (κ1) is 13.3.